The summed E-state index contributed by atoms with van der Waals surface area (Å²) < 4.78 is 0. The zero-order valence-corrected chi connectivity index (χ0v) is 11.0. The number of hydrogen-bond acceptors (Lipinski definition) is 3. The van der Waals surface area contributed by atoms with E-state index < -0.39 is 0 Å². The van der Waals surface area contributed by atoms with E-state index in [2.05, 4.69) is 63.9 Å². The predicted molar refractivity (Wildman–Crippen MR) is 63.8 cm³/mol. The van der Waals surface area contributed by atoms with E-state index in [1.807, 2.05) is 0 Å². The summed E-state index contributed by atoms with van der Waals surface area (Å²) in [7, 11) is 12.9. The Balaban J connectivity index is 4.32. The van der Waals surface area contributed by atoms with Gasteiger partial charge in [0.05, 0.1) is 0 Å². The predicted octanol–water partition coefficient (Wildman–Crippen LogP) is 0.678. The van der Waals surface area contributed by atoms with Crippen molar-refractivity contribution in [3.8, 4) is 0 Å². The first-order valence-corrected chi connectivity index (χ1v) is 5.19. The van der Waals surface area contributed by atoms with Crippen LogP contribution in [0.3, 0.4) is 0 Å². The maximum atomic E-state index is 2.35. The van der Waals surface area contributed by atoms with E-state index in [1.54, 1.807) is 0 Å². The van der Waals surface area contributed by atoms with E-state index >= 15 is 0 Å². The molecule has 0 heterocycles. The Morgan fingerprint density at radius 1 is 0.643 bits per heavy atom. The molecule has 0 spiro atoms. The van der Waals surface area contributed by atoms with E-state index in [0.29, 0.717) is 5.41 Å². The summed E-state index contributed by atoms with van der Waals surface area (Å²) in [5.41, 5.74) is 0.344. The van der Waals surface area contributed by atoms with Crippen molar-refractivity contribution in [3.63, 3.8) is 0 Å². The summed E-state index contributed by atoms with van der Waals surface area (Å²) >= 11 is 0. The molecule has 0 N–H and O–H groups in total. The van der Waals surface area contributed by atoms with Gasteiger partial charge in [-0.25, -0.2) is 0 Å². The fourth-order valence-electron chi connectivity index (χ4n) is 2.44. The Hall–Kier alpha value is -0.120. The van der Waals surface area contributed by atoms with Crippen LogP contribution in [-0.4, -0.2) is 76.6 Å². The molecule has 0 aromatic heterocycles. The Morgan fingerprint density at radius 2 is 0.857 bits per heavy atom. The molecule has 3 nitrogen and oxygen atoms in total. The second-order valence-electron chi connectivity index (χ2n) is 5.52. The van der Waals surface area contributed by atoms with Crippen LogP contribution in [0.4, 0.5) is 0 Å². The standard InChI is InChI=1S/C11H27N3/c1-11(8-12(2)3,9-13(4)5)10-14(6)7/h8-10H2,1-7H3. The highest BCUT2D eigenvalue weighted by Crippen LogP contribution is 2.18. The van der Waals surface area contributed by atoms with E-state index in [-0.39, 0.29) is 0 Å². The van der Waals surface area contributed by atoms with Crippen molar-refractivity contribution in [1.82, 2.24) is 14.7 Å². The minimum Gasteiger partial charge on any atom is -0.309 e. The molecule has 0 radical (unpaired) electrons. The van der Waals surface area contributed by atoms with Crippen molar-refractivity contribution >= 4 is 0 Å². The average Bonchev–Trinajstić information content (AvgIpc) is 1.76. The molecule has 0 saturated carbocycles. The van der Waals surface area contributed by atoms with Gasteiger partial charge in [-0.15, -0.1) is 0 Å². The topological polar surface area (TPSA) is 9.72 Å². The maximum Gasteiger partial charge on any atom is 0.00558 e. The van der Waals surface area contributed by atoms with Gasteiger partial charge in [-0.3, -0.25) is 0 Å². The van der Waals surface area contributed by atoms with Crippen molar-refractivity contribution in [3.05, 3.63) is 0 Å². The third kappa shape index (κ3) is 6.35. The molecule has 0 saturated heterocycles. The van der Waals surface area contributed by atoms with Gasteiger partial charge < -0.3 is 14.7 Å². The lowest BCUT2D eigenvalue weighted by atomic mass is 9.89. The Labute approximate surface area is 89.7 Å². The SMILES string of the molecule is CN(C)CC(C)(CN(C)C)CN(C)C. The Morgan fingerprint density at radius 3 is 1.00 bits per heavy atom. The summed E-state index contributed by atoms with van der Waals surface area (Å²) in [6.45, 7) is 5.74. The van der Waals surface area contributed by atoms with Crippen LogP contribution in [0.5, 0.6) is 0 Å². The van der Waals surface area contributed by atoms with Crippen molar-refractivity contribution in [1.29, 1.82) is 0 Å². The molecule has 86 valence electrons. The summed E-state index contributed by atoms with van der Waals surface area (Å²) in [6.07, 6.45) is 0. The van der Waals surface area contributed by atoms with Crippen LogP contribution in [0.1, 0.15) is 6.92 Å². The van der Waals surface area contributed by atoms with Crippen LogP contribution < -0.4 is 0 Å². The molecular formula is C11H27N3. The van der Waals surface area contributed by atoms with Crippen molar-refractivity contribution in [2.45, 2.75) is 6.92 Å². The molecule has 3 heteroatoms. The van der Waals surface area contributed by atoms with Crippen molar-refractivity contribution in [2.75, 3.05) is 61.9 Å². The monoisotopic (exact) mass is 201 g/mol. The van der Waals surface area contributed by atoms with E-state index in [4.69, 9.17) is 0 Å². The van der Waals surface area contributed by atoms with Crippen molar-refractivity contribution in [2.24, 2.45) is 5.41 Å². The molecule has 0 aliphatic heterocycles. The molecule has 0 aromatic rings. The molecule has 0 fully saturated rings. The van der Waals surface area contributed by atoms with Crippen LogP contribution in [-0.2, 0) is 0 Å². The highest BCUT2D eigenvalue weighted by atomic mass is 15.1. The second kappa shape index (κ2) is 5.69. The summed E-state index contributed by atoms with van der Waals surface area (Å²) in [5.74, 6) is 0. The summed E-state index contributed by atoms with van der Waals surface area (Å²) in [5, 5.41) is 0. The van der Waals surface area contributed by atoms with Gasteiger partial charge in [0.1, 0.15) is 0 Å². The fraction of sp³-hybridized carbons (Fsp3) is 1.00. The highest BCUT2D eigenvalue weighted by Gasteiger charge is 2.26. The van der Waals surface area contributed by atoms with Crippen LogP contribution in [0.15, 0.2) is 0 Å². The molecular weight excluding hydrogens is 174 g/mol. The number of rotatable bonds is 6. The lowest BCUT2D eigenvalue weighted by Crippen LogP contribution is -2.45. The van der Waals surface area contributed by atoms with Gasteiger partial charge in [-0.2, -0.15) is 0 Å². The lowest BCUT2D eigenvalue weighted by Gasteiger charge is -2.37. The molecule has 0 aromatic carbocycles. The zero-order valence-electron chi connectivity index (χ0n) is 11.0. The number of hydrogen-bond donors (Lipinski definition) is 0. The van der Waals surface area contributed by atoms with Gasteiger partial charge in [0.25, 0.3) is 0 Å². The quantitative estimate of drug-likeness (QED) is 0.626. The minimum atomic E-state index is 0.344. The lowest BCUT2D eigenvalue weighted by molar-refractivity contribution is 0.123. The summed E-state index contributed by atoms with van der Waals surface area (Å²) in [4.78, 5) is 6.81. The normalized spacial score (nSPS) is 13.3. The van der Waals surface area contributed by atoms with Gasteiger partial charge >= 0.3 is 0 Å². The van der Waals surface area contributed by atoms with E-state index in [9.17, 15) is 0 Å². The Bertz CT molecular complexity index is 126. The number of nitrogens with zero attached hydrogens (tertiary/aromatic N) is 3. The van der Waals surface area contributed by atoms with Gasteiger partial charge in [-0.1, -0.05) is 6.92 Å². The fourth-order valence-corrected chi connectivity index (χ4v) is 2.44. The van der Waals surface area contributed by atoms with Crippen LogP contribution in [0, 0.1) is 5.41 Å². The molecule has 0 aliphatic carbocycles. The van der Waals surface area contributed by atoms with Gasteiger partial charge in [0, 0.05) is 25.0 Å². The first-order chi connectivity index (χ1) is 6.25. The molecule has 0 atom stereocenters. The van der Waals surface area contributed by atoms with Gasteiger partial charge in [0.15, 0.2) is 0 Å². The van der Waals surface area contributed by atoms with Crippen LogP contribution in [0.25, 0.3) is 0 Å². The largest absolute Gasteiger partial charge is 0.309 e. The van der Waals surface area contributed by atoms with Crippen molar-refractivity contribution < 1.29 is 0 Å². The first-order valence-electron chi connectivity index (χ1n) is 5.19. The Kier molecular flexibility index (Phi) is 5.64. The maximum absolute atomic E-state index is 2.35. The third-order valence-electron chi connectivity index (χ3n) is 2.09. The molecule has 0 rings (SSSR count). The molecule has 0 bridgehead atoms. The smallest absolute Gasteiger partial charge is 0.00558 e. The minimum absolute atomic E-state index is 0.344. The average molecular weight is 201 g/mol. The second-order valence-corrected chi connectivity index (χ2v) is 5.52. The van der Waals surface area contributed by atoms with E-state index in [1.165, 1.54) is 0 Å². The molecule has 0 unspecified atom stereocenters. The molecule has 14 heavy (non-hydrogen) atoms. The molecule has 0 amide bonds. The highest BCUT2D eigenvalue weighted by molar-refractivity contribution is 4.81. The zero-order chi connectivity index (χ0) is 11.4. The summed E-state index contributed by atoms with van der Waals surface area (Å²) in [6, 6.07) is 0. The first kappa shape index (κ1) is 13.9. The molecule has 0 aliphatic rings. The third-order valence-corrected chi connectivity index (χ3v) is 2.09. The van der Waals surface area contributed by atoms with Crippen LogP contribution in [0.2, 0.25) is 0 Å². The van der Waals surface area contributed by atoms with Crippen LogP contribution >= 0.6 is 0 Å². The van der Waals surface area contributed by atoms with Gasteiger partial charge in [0.2, 0.25) is 0 Å². The van der Waals surface area contributed by atoms with Gasteiger partial charge in [-0.05, 0) is 42.3 Å². The van der Waals surface area contributed by atoms with E-state index in [0.717, 1.165) is 19.6 Å².